The number of hydrogen-bond donors (Lipinski definition) is 1. The molecule has 0 aromatic rings. The summed E-state index contributed by atoms with van der Waals surface area (Å²) in [4.78, 5) is 0.959. The lowest BCUT2D eigenvalue weighted by molar-refractivity contribution is 0.686. The van der Waals surface area contributed by atoms with E-state index < -0.39 is 10.8 Å². The highest BCUT2D eigenvalue weighted by Gasteiger charge is 2.30. The summed E-state index contributed by atoms with van der Waals surface area (Å²) in [5.74, 6) is 0. The SMILES string of the molecule is NC1=CC(S(=O)C2CC2)=CCC1. The predicted octanol–water partition coefficient (Wildman–Crippen LogP) is 1.42. The molecule has 0 saturated heterocycles. The first-order valence-corrected chi connectivity index (χ1v) is 5.55. The number of nitrogens with two attached hydrogens (primary N) is 1. The average molecular weight is 183 g/mol. The van der Waals surface area contributed by atoms with Gasteiger partial charge in [-0.2, -0.15) is 0 Å². The molecule has 2 rings (SSSR count). The molecule has 0 amide bonds. The molecule has 2 aliphatic rings. The highest BCUT2D eigenvalue weighted by molar-refractivity contribution is 7.90. The Bertz CT molecular complexity index is 276. The van der Waals surface area contributed by atoms with E-state index in [4.69, 9.17) is 5.73 Å². The second-order valence-corrected chi connectivity index (χ2v) is 5.09. The Morgan fingerprint density at radius 3 is 2.83 bits per heavy atom. The minimum atomic E-state index is -0.763. The van der Waals surface area contributed by atoms with E-state index in [0.29, 0.717) is 5.25 Å². The van der Waals surface area contributed by atoms with Gasteiger partial charge < -0.3 is 5.73 Å². The molecular formula is C9H13NOS. The third-order valence-electron chi connectivity index (χ3n) is 2.17. The molecule has 3 heteroatoms. The summed E-state index contributed by atoms with van der Waals surface area (Å²) in [6, 6.07) is 0. The van der Waals surface area contributed by atoms with Crippen LogP contribution in [0.1, 0.15) is 25.7 Å². The van der Waals surface area contributed by atoms with Crippen molar-refractivity contribution in [1.29, 1.82) is 0 Å². The van der Waals surface area contributed by atoms with E-state index in [1.807, 2.05) is 6.08 Å². The van der Waals surface area contributed by atoms with Crippen molar-refractivity contribution in [3.05, 3.63) is 22.8 Å². The van der Waals surface area contributed by atoms with E-state index in [1.54, 1.807) is 0 Å². The largest absolute Gasteiger partial charge is 0.402 e. The summed E-state index contributed by atoms with van der Waals surface area (Å²) in [5.41, 5.74) is 6.55. The lowest BCUT2D eigenvalue weighted by Gasteiger charge is -2.09. The van der Waals surface area contributed by atoms with Gasteiger partial charge in [-0.3, -0.25) is 4.21 Å². The number of rotatable bonds is 2. The van der Waals surface area contributed by atoms with Gasteiger partial charge in [-0.15, -0.1) is 0 Å². The highest BCUT2D eigenvalue weighted by Crippen LogP contribution is 2.31. The van der Waals surface area contributed by atoms with Gasteiger partial charge >= 0.3 is 0 Å². The number of hydrogen-bond acceptors (Lipinski definition) is 2. The molecule has 1 fully saturated rings. The van der Waals surface area contributed by atoms with Crippen LogP contribution in [0.3, 0.4) is 0 Å². The van der Waals surface area contributed by atoms with Crippen molar-refractivity contribution in [3.8, 4) is 0 Å². The molecule has 2 nitrogen and oxygen atoms in total. The van der Waals surface area contributed by atoms with Crippen LogP contribution in [0.4, 0.5) is 0 Å². The van der Waals surface area contributed by atoms with Crippen molar-refractivity contribution < 1.29 is 4.21 Å². The second kappa shape index (κ2) is 3.05. The third kappa shape index (κ3) is 1.61. The van der Waals surface area contributed by atoms with Gasteiger partial charge in [0.25, 0.3) is 0 Å². The summed E-state index contributed by atoms with van der Waals surface area (Å²) in [6.45, 7) is 0. The molecule has 1 unspecified atom stereocenters. The minimum absolute atomic E-state index is 0.429. The maximum absolute atomic E-state index is 11.6. The molecule has 0 radical (unpaired) electrons. The topological polar surface area (TPSA) is 43.1 Å². The van der Waals surface area contributed by atoms with Gasteiger partial charge in [-0.1, -0.05) is 6.08 Å². The van der Waals surface area contributed by atoms with Crippen LogP contribution in [0.5, 0.6) is 0 Å². The van der Waals surface area contributed by atoms with Crippen LogP contribution in [-0.4, -0.2) is 9.46 Å². The Labute approximate surface area is 75.0 Å². The standard InChI is InChI=1S/C9H13NOS/c10-7-2-1-3-9(6-7)12(11)8-4-5-8/h3,6,8H,1-2,4-5,10H2. The summed E-state index contributed by atoms with van der Waals surface area (Å²) in [7, 11) is -0.763. The molecule has 1 atom stereocenters. The van der Waals surface area contributed by atoms with Crippen molar-refractivity contribution in [2.75, 3.05) is 0 Å². The van der Waals surface area contributed by atoms with E-state index >= 15 is 0 Å². The fourth-order valence-electron chi connectivity index (χ4n) is 1.31. The Morgan fingerprint density at radius 1 is 1.50 bits per heavy atom. The van der Waals surface area contributed by atoms with Gasteiger partial charge in [0, 0.05) is 15.9 Å². The first-order chi connectivity index (χ1) is 5.77. The summed E-state index contributed by atoms with van der Waals surface area (Å²) in [6.07, 6.45) is 8.07. The fraction of sp³-hybridized carbons (Fsp3) is 0.556. The zero-order valence-corrected chi connectivity index (χ0v) is 7.77. The highest BCUT2D eigenvalue weighted by atomic mass is 32.2. The van der Waals surface area contributed by atoms with Crippen LogP contribution in [0, 0.1) is 0 Å². The summed E-state index contributed by atoms with van der Waals surface area (Å²) >= 11 is 0. The smallest absolute Gasteiger partial charge is 0.0558 e. The lowest BCUT2D eigenvalue weighted by atomic mass is 10.1. The van der Waals surface area contributed by atoms with Crippen molar-refractivity contribution >= 4 is 10.8 Å². The zero-order valence-electron chi connectivity index (χ0n) is 6.95. The quantitative estimate of drug-likeness (QED) is 0.703. The molecule has 2 aliphatic carbocycles. The van der Waals surface area contributed by atoms with E-state index in [2.05, 4.69) is 6.08 Å². The molecular weight excluding hydrogens is 170 g/mol. The number of allylic oxidation sites excluding steroid dienone is 3. The first kappa shape index (κ1) is 8.05. The maximum Gasteiger partial charge on any atom is 0.0558 e. The van der Waals surface area contributed by atoms with Gasteiger partial charge in [0.2, 0.25) is 0 Å². The van der Waals surface area contributed by atoms with Crippen molar-refractivity contribution in [2.24, 2.45) is 5.73 Å². The van der Waals surface area contributed by atoms with E-state index in [1.165, 1.54) is 0 Å². The first-order valence-electron chi connectivity index (χ1n) is 4.34. The molecule has 0 heterocycles. The maximum atomic E-state index is 11.6. The molecule has 66 valence electrons. The van der Waals surface area contributed by atoms with Gasteiger partial charge in [0.1, 0.15) is 0 Å². The summed E-state index contributed by atoms with van der Waals surface area (Å²) < 4.78 is 11.6. The Balaban J connectivity index is 2.12. The van der Waals surface area contributed by atoms with E-state index in [0.717, 1.165) is 36.3 Å². The van der Waals surface area contributed by atoms with Crippen LogP contribution in [0.15, 0.2) is 22.8 Å². The van der Waals surface area contributed by atoms with Crippen LogP contribution in [-0.2, 0) is 10.8 Å². The van der Waals surface area contributed by atoms with Crippen LogP contribution < -0.4 is 5.73 Å². The normalized spacial score (nSPS) is 26.0. The van der Waals surface area contributed by atoms with Crippen molar-refractivity contribution in [2.45, 2.75) is 30.9 Å². The van der Waals surface area contributed by atoms with Crippen LogP contribution >= 0.6 is 0 Å². The fourth-order valence-corrected chi connectivity index (χ4v) is 2.81. The predicted molar refractivity (Wildman–Crippen MR) is 50.8 cm³/mol. The molecule has 1 saturated carbocycles. The molecule has 0 aromatic heterocycles. The molecule has 2 N–H and O–H groups in total. The molecule has 0 spiro atoms. The van der Waals surface area contributed by atoms with Gasteiger partial charge in [0.05, 0.1) is 10.8 Å². The average Bonchev–Trinajstić information content (AvgIpc) is 2.85. The van der Waals surface area contributed by atoms with Crippen LogP contribution in [0.2, 0.25) is 0 Å². The third-order valence-corrected chi connectivity index (χ3v) is 3.99. The zero-order chi connectivity index (χ0) is 8.55. The van der Waals surface area contributed by atoms with Gasteiger partial charge in [0.15, 0.2) is 0 Å². The molecule has 0 aromatic carbocycles. The monoisotopic (exact) mass is 183 g/mol. The molecule has 0 aliphatic heterocycles. The van der Waals surface area contributed by atoms with Gasteiger partial charge in [-0.05, 0) is 31.8 Å². The van der Waals surface area contributed by atoms with Crippen molar-refractivity contribution in [3.63, 3.8) is 0 Å². The second-order valence-electron chi connectivity index (χ2n) is 3.36. The Hall–Kier alpha value is -0.570. The molecule has 0 bridgehead atoms. The summed E-state index contributed by atoms with van der Waals surface area (Å²) in [5, 5.41) is 0.429. The van der Waals surface area contributed by atoms with E-state index in [-0.39, 0.29) is 0 Å². The Morgan fingerprint density at radius 2 is 2.25 bits per heavy atom. The molecule has 12 heavy (non-hydrogen) atoms. The Kier molecular flexibility index (Phi) is 2.05. The van der Waals surface area contributed by atoms with Gasteiger partial charge in [-0.25, -0.2) is 0 Å². The van der Waals surface area contributed by atoms with E-state index in [9.17, 15) is 4.21 Å². The van der Waals surface area contributed by atoms with Crippen molar-refractivity contribution in [1.82, 2.24) is 0 Å². The van der Waals surface area contributed by atoms with Crippen LogP contribution in [0.25, 0.3) is 0 Å². The lowest BCUT2D eigenvalue weighted by Crippen LogP contribution is -2.06. The minimum Gasteiger partial charge on any atom is -0.402 e.